The van der Waals surface area contributed by atoms with Crippen LogP contribution in [-0.4, -0.2) is 77.3 Å². The van der Waals surface area contributed by atoms with Crippen LogP contribution in [0.4, 0.5) is 0 Å². The lowest BCUT2D eigenvalue weighted by molar-refractivity contribution is -0.122. The van der Waals surface area contributed by atoms with Crippen LogP contribution in [0.25, 0.3) is 0 Å². The standard InChI is InChI=1S/C12H20O6/c1-2-14-5-6-16-9-12(10-11(12)18-10)17-8-7-15-4-3-13-1/h10-11H,1-9H2. The molecule has 2 atom stereocenters. The first-order chi connectivity index (χ1) is 8.93. The fourth-order valence-electron chi connectivity index (χ4n) is 2.17. The Hall–Kier alpha value is -0.240. The highest BCUT2D eigenvalue weighted by Crippen LogP contribution is 2.59. The lowest BCUT2D eigenvalue weighted by atomic mass is 10.3. The van der Waals surface area contributed by atoms with Crippen molar-refractivity contribution in [3.8, 4) is 0 Å². The molecule has 2 aliphatic heterocycles. The zero-order valence-electron chi connectivity index (χ0n) is 10.5. The molecule has 3 fully saturated rings. The first-order valence-electron chi connectivity index (χ1n) is 6.54. The summed E-state index contributed by atoms with van der Waals surface area (Å²) in [5.41, 5.74) is -0.194. The van der Waals surface area contributed by atoms with Crippen molar-refractivity contribution in [1.82, 2.24) is 0 Å². The predicted molar refractivity (Wildman–Crippen MR) is 60.6 cm³/mol. The van der Waals surface area contributed by atoms with Gasteiger partial charge in [-0.25, -0.2) is 0 Å². The van der Waals surface area contributed by atoms with Gasteiger partial charge >= 0.3 is 0 Å². The van der Waals surface area contributed by atoms with Crippen LogP contribution < -0.4 is 0 Å². The van der Waals surface area contributed by atoms with Gasteiger partial charge in [-0.2, -0.15) is 0 Å². The Morgan fingerprint density at radius 2 is 1.11 bits per heavy atom. The Kier molecular flexibility index (Phi) is 4.13. The van der Waals surface area contributed by atoms with E-state index in [0.29, 0.717) is 59.5 Å². The van der Waals surface area contributed by atoms with Crippen molar-refractivity contribution in [3.63, 3.8) is 0 Å². The molecule has 0 aromatic heterocycles. The highest BCUT2D eigenvalue weighted by molar-refractivity contribution is 5.29. The lowest BCUT2D eigenvalue weighted by Crippen LogP contribution is -2.35. The Bertz CT molecular complexity index is 245. The number of fused-ring (bicyclic) bond motifs is 3. The van der Waals surface area contributed by atoms with E-state index in [-0.39, 0.29) is 17.8 Å². The third kappa shape index (κ3) is 2.84. The summed E-state index contributed by atoms with van der Waals surface area (Å²) in [6.07, 6.45) is 0.495. The molecule has 0 N–H and O–H groups in total. The van der Waals surface area contributed by atoms with Gasteiger partial charge in [-0.05, 0) is 0 Å². The second kappa shape index (κ2) is 5.81. The van der Waals surface area contributed by atoms with E-state index >= 15 is 0 Å². The second-order valence-electron chi connectivity index (χ2n) is 4.67. The molecule has 0 radical (unpaired) electrons. The molecule has 0 aromatic rings. The normalized spacial score (nSPS) is 42.7. The van der Waals surface area contributed by atoms with Crippen LogP contribution in [0.2, 0.25) is 0 Å². The molecule has 3 aliphatic rings. The molecule has 0 bridgehead atoms. The van der Waals surface area contributed by atoms with Crippen LogP contribution in [0.3, 0.4) is 0 Å². The molecule has 2 heterocycles. The Morgan fingerprint density at radius 1 is 0.611 bits per heavy atom. The third-order valence-electron chi connectivity index (χ3n) is 3.39. The van der Waals surface area contributed by atoms with Crippen LogP contribution in [0.5, 0.6) is 0 Å². The third-order valence-corrected chi connectivity index (χ3v) is 3.39. The van der Waals surface area contributed by atoms with Crippen molar-refractivity contribution >= 4 is 0 Å². The topological polar surface area (TPSA) is 58.7 Å². The van der Waals surface area contributed by atoms with E-state index in [1.165, 1.54) is 0 Å². The van der Waals surface area contributed by atoms with Crippen molar-refractivity contribution < 1.29 is 28.4 Å². The molecular formula is C12H20O6. The van der Waals surface area contributed by atoms with E-state index < -0.39 is 0 Å². The fourth-order valence-corrected chi connectivity index (χ4v) is 2.17. The number of ether oxygens (including phenoxy) is 6. The van der Waals surface area contributed by atoms with E-state index in [9.17, 15) is 0 Å². The summed E-state index contributed by atoms with van der Waals surface area (Å²) >= 11 is 0. The fraction of sp³-hybridized carbons (Fsp3) is 1.00. The van der Waals surface area contributed by atoms with Crippen molar-refractivity contribution in [1.29, 1.82) is 0 Å². The number of rotatable bonds is 0. The van der Waals surface area contributed by atoms with Crippen molar-refractivity contribution in [3.05, 3.63) is 0 Å². The monoisotopic (exact) mass is 260 g/mol. The number of hydrogen-bond acceptors (Lipinski definition) is 6. The van der Waals surface area contributed by atoms with E-state index in [1.807, 2.05) is 0 Å². The first-order valence-corrected chi connectivity index (χ1v) is 6.54. The van der Waals surface area contributed by atoms with Gasteiger partial charge in [0.15, 0.2) is 0 Å². The summed E-state index contributed by atoms with van der Waals surface area (Å²) in [5, 5.41) is 0. The minimum Gasteiger partial charge on any atom is -0.377 e. The van der Waals surface area contributed by atoms with Crippen molar-refractivity contribution in [2.24, 2.45) is 0 Å². The second-order valence-corrected chi connectivity index (χ2v) is 4.67. The Morgan fingerprint density at radius 3 is 1.61 bits per heavy atom. The van der Waals surface area contributed by atoms with Gasteiger partial charge in [0.05, 0.1) is 59.5 Å². The summed E-state index contributed by atoms with van der Waals surface area (Å²) < 4.78 is 32.8. The largest absolute Gasteiger partial charge is 0.377 e. The van der Waals surface area contributed by atoms with Gasteiger partial charge < -0.3 is 28.4 Å². The van der Waals surface area contributed by atoms with Crippen LogP contribution >= 0.6 is 0 Å². The zero-order chi connectivity index (χ0) is 12.3. The van der Waals surface area contributed by atoms with Gasteiger partial charge in [0.2, 0.25) is 0 Å². The highest BCUT2D eigenvalue weighted by Gasteiger charge is 2.82. The maximum atomic E-state index is 5.82. The lowest BCUT2D eigenvalue weighted by Gasteiger charge is -2.22. The van der Waals surface area contributed by atoms with E-state index in [4.69, 9.17) is 28.4 Å². The highest BCUT2D eigenvalue weighted by atomic mass is 16.7. The minimum absolute atomic E-state index is 0.194. The van der Waals surface area contributed by atoms with Gasteiger partial charge in [0.1, 0.15) is 17.8 Å². The molecule has 6 nitrogen and oxygen atoms in total. The van der Waals surface area contributed by atoms with Crippen LogP contribution in [0.1, 0.15) is 0 Å². The van der Waals surface area contributed by atoms with Gasteiger partial charge in [-0.3, -0.25) is 0 Å². The molecule has 2 saturated heterocycles. The molecule has 18 heavy (non-hydrogen) atoms. The van der Waals surface area contributed by atoms with Gasteiger partial charge in [-0.1, -0.05) is 0 Å². The average Bonchev–Trinajstić information content (AvgIpc) is 3.26. The summed E-state index contributed by atoms with van der Waals surface area (Å²) in [4.78, 5) is 0. The Labute approximate surface area is 106 Å². The SMILES string of the molecule is C1COCCOCC2(OCCOCCO1)C1OC12. The van der Waals surface area contributed by atoms with Crippen LogP contribution in [0, 0.1) is 0 Å². The summed E-state index contributed by atoms with van der Waals surface area (Å²) in [7, 11) is 0. The number of epoxide rings is 1. The van der Waals surface area contributed by atoms with Gasteiger partial charge in [-0.15, -0.1) is 0 Å². The first kappa shape index (κ1) is 12.8. The molecule has 1 spiro atoms. The molecule has 0 aromatic carbocycles. The Balaban J connectivity index is 1.41. The molecule has 3 rings (SSSR count). The summed E-state index contributed by atoms with van der Waals surface area (Å²) in [5.74, 6) is 0. The molecule has 1 aliphatic carbocycles. The van der Waals surface area contributed by atoms with E-state index in [1.54, 1.807) is 0 Å². The number of hydrogen-bond donors (Lipinski definition) is 0. The smallest absolute Gasteiger partial charge is 0.149 e. The molecule has 2 unspecified atom stereocenters. The summed E-state index contributed by atoms with van der Waals surface area (Å²) in [6, 6.07) is 0. The predicted octanol–water partition coefficient (Wildman–Crippen LogP) is -0.397. The maximum Gasteiger partial charge on any atom is 0.149 e. The molecule has 104 valence electrons. The van der Waals surface area contributed by atoms with E-state index in [0.717, 1.165) is 0 Å². The average molecular weight is 260 g/mol. The van der Waals surface area contributed by atoms with Crippen molar-refractivity contribution in [2.75, 3.05) is 59.5 Å². The van der Waals surface area contributed by atoms with Gasteiger partial charge in [0.25, 0.3) is 0 Å². The van der Waals surface area contributed by atoms with E-state index in [2.05, 4.69) is 0 Å². The quantitative estimate of drug-likeness (QED) is 0.553. The molecular weight excluding hydrogens is 240 g/mol. The maximum absolute atomic E-state index is 5.82. The molecule has 0 amide bonds. The zero-order valence-corrected chi connectivity index (χ0v) is 10.5. The van der Waals surface area contributed by atoms with Crippen LogP contribution in [-0.2, 0) is 28.4 Å². The molecule has 6 heteroatoms. The molecule has 1 saturated carbocycles. The summed E-state index contributed by atoms with van der Waals surface area (Å²) in [6.45, 7) is 5.31. The van der Waals surface area contributed by atoms with Crippen LogP contribution in [0.15, 0.2) is 0 Å². The van der Waals surface area contributed by atoms with Gasteiger partial charge in [0, 0.05) is 0 Å². The minimum atomic E-state index is -0.194. The van der Waals surface area contributed by atoms with Crippen molar-refractivity contribution in [2.45, 2.75) is 17.8 Å².